The van der Waals surface area contributed by atoms with E-state index < -0.39 is 0 Å². The summed E-state index contributed by atoms with van der Waals surface area (Å²) >= 11 is 0. The normalized spacial score (nSPS) is 20.3. The summed E-state index contributed by atoms with van der Waals surface area (Å²) in [6, 6.07) is 25.5. The Morgan fingerprint density at radius 1 is 0.946 bits per heavy atom. The standard InChI is InChI=1S/C32H37FN2O2/c1-37-30-16-8-14-27(18-30)31-23-34(19-25-11-7-15-29(33)17-25)21-28(31)22-35(20-24-9-3-2-4-10-24)32(36)26-12-5-6-13-26/h2-4,7-11,14-18,26,28,31H,5-6,12-13,19-23H2,1H3. The fourth-order valence-electron chi connectivity index (χ4n) is 6.17. The molecule has 37 heavy (non-hydrogen) atoms. The molecule has 1 aliphatic heterocycles. The molecule has 4 nitrogen and oxygen atoms in total. The van der Waals surface area contributed by atoms with Gasteiger partial charge in [-0.2, -0.15) is 0 Å². The first-order chi connectivity index (χ1) is 18.1. The van der Waals surface area contributed by atoms with Crippen LogP contribution in [0, 0.1) is 17.7 Å². The van der Waals surface area contributed by atoms with Gasteiger partial charge in [0, 0.05) is 44.6 Å². The van der Waals surface area contributed by atoms with Crippen LogP contribution in [-0.2, 0) is 17.9 Å². The molecule has 0 spiro atoms. The molecule has 0 aromatic heterocycles. The number of carbonyl (C=O) groups is 1. The zero-order chi connectivity index (χ0) is 25.6. The third kappa shape index (κ3) is 6.40. The van der Waals surface area contributed by atoms with Gasteiger partial charge in [-0.05, 0) is 59.7 Å². The summed E-state index contributed by atoms with van der Waals surface area (Å²) in [6.45, 7) is 3.78. The number of ether oxygens (including phenoxy) is 1. The van der Waals surface area contributed by atoms with Crippen molar-refractivity contribution in [3.05, 3.63) is 101 Å². The van der Waals surface area contributed by atoms with Crippen molar-refractivity contribution >= 4 is 5.91 Å². The second-order valence-corrected chi connectivity index (χ2v) is 10.7. The fraction of sp³-hybridized carbons (Fsp3) is 0.406. The summed E-state index contributed by atoms with van der Waals surface area (Å²) < 4.78 is 19.4. The number of amides is 1. The van der Waals surface area contributed by atoms with Crippen molar-refractivity contribution in [2.75, 3.05) is 26.7 Å². The van der Waals surface area contributed by atoms with Crippen LogP contribution in [0.2, 0.25) is 0 Å². The highest BCUT2D eigenvalue weighted by atomic mass is 19.1. The number of halogens is 1. The SMILES string of the molecule is COc1cccc(C2CN(Cc3cccc(F)c3)CC2CN(Cc2ccccc2)C(=O)C2CCCC2)c1. The second-order valence-electron chi connectivity index (χ2n) is 10.7. The van der Waals surface area contributed by atoms with Gasteiger partial charge in [-0.3, -0.25) is 9.69 Å². The van der Waals surface area contributed by atoms with E-state index in [1.165, 1.54) is 17.2 Å². The Kier molecular flexibility index (Phi) is 8.20. The van der Waals surface area contributed by atoms with E-state index in [-0.39, 0.29) is 23.6 Å². The van der Waals surface area contributed by atoms with Gasteiger partial charge in [0.25, 0.3) is 0 Å². The lowest BCUT2D eigenvalue weighted by Gasteiger charge is -2.31. The molecule has 1 saturated heterocycles. The Morgan fingerprint density at radius 3 is 2.46 bits per heavy atom. The molecule has 5 heteroatoms. The minimum absolute atomic E-state index is 0.142. The molecule has 1 amide bonds. The topological polar surface area (TPSA) is 32.8 Å². The maximum Gasteiger partial charge on any atom is 0.225 e. The molecule has 2 unspecified atom stereocenters. The lowest BCUT2D eigenvalue weighted by atomic mass is 9.88. The molecule has 194 valence electrons. The highest BCUT2D eigenvalue weighted by Crippen LogP contribution is 2.37. The van der Waals surface area contributed by atoms with E-state index in [1.54, 1.807) is 19.2 Å². The maximum absolute atomic E-state index is 13.9. The summed E-state index contributed by atoms with van der Waals surface area (Å²) in [4.78, 5) is 18.3. The molecule has 0 N–H and O–H groups in total. The molecule has 2 aliphatic rings. The van der Waals surface area contributed by atoms with Crippen LogP contribution >= 0.6 is 0 Å². The number of benzene rings is 3. The summed E-state index contributed by atoms with van der Waals surface area (Å²) in [5.74, 6) is 1.63. The quantitative estimate of drug-likeness (QED) is 0.347. The summed E-state index contributed by atoms with van der Waals surface area (Å²) in [5.41, 5.74) is 3.38. The number of hydrogen-bond acceptors (Lipinski definition) is 3. The molecule has 1 saturated carbocycles. The number of likely N-dealkylation sites (tertiary alicyclic amines) is 1. The molecule has 1 aliphatic carbocycles. The average molecular weight is 501 g/mol. The lowest BCUT2D eigenvalue weighted by molar-refractivity contribution is -0.136. The minimum Gasteiger partial charge on any atom is -0.497 e. The number of methoxy groups -OCH3 is 1. The van der Waals surface area contributed by atoms with Gasteiger partial charge in [-0.1, -0.05) is 67.4 Å². The van der Waals surface area contributed by atoms with Crippen molar-refractivity contribution in [2.45, 2.75) is 44.7 Å². The van der Waals surface area contributed by atoms with Crippen molar-refractivity contribution in [1.29, 1.82) is 0 Å². The molecule has 2 fully saturated rings. The van der Waals surface area contributed by atoms with Crippen LogP contribution in [0.25, 0.3) is 0 Å². The fourth-order valence-corrected chi connectivity index (χ4v) is 6.17. The van der Waals surface area contributed by atoms with Gasteiger partial charge in [0.1, 0.15) is 11.6 Å². The lowest BCUT2D eigenvalue weighted by Crippen LogP contribution is -2.40. The molecule has 0 bridgehead atoms. The highest BCUT2D eigenvalue weighted by molar-refractivity contribution is 5.79. The Labute approximate surface area is 220 Å². The summed E-state index contributed by atoms with van der Waals surface area (Å²) in [5, 5.41) is 0. The van der Waals surface area contributed by atoms with Crippen LogP contribution in [0.15, 0.2) is 78.9 Å². The van der Waals surface area contributed by atoms with E-state index in [9.17, 15) is 9.18 Å². The number of nitrogens with zero attached hydrogens (tertiary/aromatic N) is 2. The zero-order valence-electron chi connectivity index (χ0n) is 21.7. The van der Waals surface area contributed by atoms with Gasteiger partial charge in [0.2, 0.25) is 5.91 Å². The van der Waals surface area contributed by atoms with Crippen LogP contribution < -0.4 is 4.74 Å². The van der Waals surface area contributed by atoms with Gasteiger partial charge in [0.15, 0.2) is 0 Å². The molecule has 5 rings (SSSR count). The molecule has 2 atom stereocenters. The second kappa shape index (κ2) is 11.9. The van der Waals surface area contributed by atoms with Crippen LogP contribution in [-0.4, -0.2) is 42.5 Å². The molecule has 1 heterocycles. The Hall–Kier alpha value is -3.18. The molecule has 0 radical (unpaired) electrons. The van der Waals surface area contributed by atoms with E-state index >= 15 is 0 Å². The predicted molar refractivity (Wildman–Crippen MR) is 145 cm³/mol. The van der Waals surface area contributed by atoms with E-state index in [2.05, 4.69) is 34.1 Å². The van der Waals surface area contributed by atoms with Crippen molar-refractivity contribution in [3.63, 3.8) is 0 Å². The molecule has 3 aromatic carbocycles. The predicted octanol–water partition coefficient (Wildman–Crippen LogP) is 6.27. The average Bonchev–Trinajstić information content (AvgIpc) is 3.59. The zero-order valence-corrected chi connectivity index (χ0v) is 21.7. The van der Waals surface area contributed by atoms with Crippen molar-refractivity contribution in [3.8, 4) is 5.75 Å². The highest BCUT2D eigenvalue weighted by Gasteiger charge is 2.37. The minimum atomic E-state index is -0.200. The summed E-state index contributed by atoms with van der Waals surface area (Å²) in [6.07, 6.45) is 4.29. The Bertz CT molecular complexity index is 1180. The van der Waals surface area contributed by atoms with Crippen molar-refractivity contribution in [2.24, 2.45) is 11.8 Å². The van der Waals surface area contributed by atoms with Gasteiger partial charge >= 0.3 is 0 Å². The Morgan fingerprint density at radius 2 is 1.70 bits per heavy atom. The van der Waals surface area contributed by atoms with E-state index in [0.717, 1.165) is 50.1 Å². The van der Waals surface area contributed by atoms with Crippen LogP contribution in [0.4, 0.5) is 4.39 Å². The first-order valence-electron chi connectivity index (χ1n) is 13.5. The maximum atomic E-state index is 13.9. The van der Waals surface area contributed by atoms with Crippen molar-refractivity contribution in [1.82, 2.24) is 9.80 Å². The van der Waals surface area contributed by atoms with Crippen LogP contribution in [0.3, 0.4) is 0 Å². The smallest absolute Gasteiger partial charge is 0.225 e. The Balaban J connectivity index is 1.40. The van der Waals surface area contributed by atoms with E-state index in [4.69, 9.17) is 4.74 Å². The molecular weight excluding hydrogens is 463 g/mol. The van der Waals surface area contributed by atoms with E-state index in [0.29, 0.717) is 25.5 Å². The number of carbonyl (C=O) groups excluding carboxylic acids is 1. The van der Waals surface area contributed by atoms with E-state index in [1.807, 2.05) is 36.4 Å². The van der Waals surface area contributed by atoms with Crippen LogP contribution in [0.5, 0.6) is 5.75 Å². The number of rotatable bonds is 9. The van der Waals surface area contributed by atoms with Gasteiger partial charge in [-0.25, -0.2) is 4.39 Å². The summed E-state index contributed by atoms with van der Waals surface area (Å²) in [7, 11) is 1.70. The first-order valence-corrected chi connectivity index (χ1v) is 13.5. The van der Waals surface area contributed by atoms with Crippen molar-refractivity contribution < 1.29 is 13.9 Å². The first kappa shape index (κ1) is 25.5. The van der Waals surface area contributed by atoms with Gasteiger partial charge in [-0.15, -0.1) is 0 Å². The van der Waals surface area contributed by atoms with Crippen LogP contribution in [0.1, 0.15) is 48.3 Å². The molecule has 3 aromatic rings. The monoisotopic (exact) mass is 500 g/mol. The van der Waals surface area contributed by atoms with Gasteiger partial charge in [0.05, 0.1) is 7.11 Å². The molecular formula is C32H37FN2O2. The number of hydrogen-bond donors (Lipinski definition) is 0. The van der Waals surface area contributed by atoms with Gasteiger partial charge < -0.3 is 9.64 Å². The third-order valence-electron chi connectivity index (χ3n) is 8.02. The third-order valence-corrected chi connectivity index (χ3v) is 8.02. The largest absolute Gasteiger partial charge is 0.497 e.